The van der Waals surface area contributed by atoms with E-state index in [1.165, 1.54) is 18.4 Å². The van der Waals surface area contributed by atoms with Gasteiger partial charge in [0.15, 0.2) is 6.61 Å². The molecule has 1 N–H and O–H groups in total. The summed E-state index contributed by atoms with van der Waals surface area (Å²) < 4.78 is 10.1. The number of amides is 1. The summed E-state index contributed by atoms with van der Waals surface area (Å²) in [5.41, 5.74) is -0.150. The van der Waals surface area contributed by atoms with Crippen LogP contribution in [0.4, 0.5) is 0 Å². The van der Waals surface area contributed by atoms with Crippen molar-refractivity contribution < 1.29 is 23.9 Å². The average molecular weight is 389 g/mol. The molecule has 0 aliphatic heterocycles. The van der Waals surface area contributed by atoms with Crippen LogP contribution in [0.2, 0.25) is 0 Å². The van der Waals surface area contributed by atoms with Crippen LogP contribution in [-0.2, 0) is 16.1 Å². The molecule has 2 aromatic rings. The van der Waals surface area contributed by atoms with Crippen molar-refractivity contribution in [3.05, 3.63) is 51.7 Å². The molecule has 2 rings (SSSR count). The molecule has 27 heavy (non-hydrogen) atoms. The van der Waals surface area contributed by atoms with Gasteiger partial charge in [-0.15, -0.1) is 11.3 Å². The van der Waals surface area contributed by atoms with Gasteiger partial charge in [0.1, 0.15) is 5.75 Å². The number of hydrogen-bond acceptors (Lipinski definition) is 6. The Morgan fingerprint density at radius 3 is 2.52 bits per heavy atom. The molecule has 0 saturated heterocycles. The molecule has 0 aliphatic carbocycles. The quantitative estimate of drug-likeness (QED) is 0.579. The Morgan fingerprint density at radius 2 is 1.85 bits per heavy atom. The first-order valence-electron chi connectivity index (χ1n) is 8.42. The van der Waals surface area contributed by atoms with Gasteiger partial charge >= 0.3 is 5.97 Å². The predicted octanol–water partition coefficient (Wildman–Crippen LogP) is 3.46. The normalized spacial score (nSPS) is 11.0. The van der Waals surface area contributed by atoms with Gasteiger partial charge in [0, 0.05) is 10.3 Å². The number of hydrogen-bond donors (Lipinski definition) is 1. The van der Waals surface area contributed by atoms with Crippen LogP contribution in [0.25, 0.3) is 0 Å². The number of Topliss-reactive ketones (excluding diaryl/α,β-unsaturated/α-hetero) is 1. The Hall–Kier alpha value is -2.67. The molecule has 1 amide bonds. The van der Waals surface area contributed by atoms with E-state index in [-0.39, 0.29) is 18.3 Å². The van der Waals surface area contributed by atoms with Gasteiger partial charge in [-0.25, -0.2) is 4.79 Å². The Kier molecular flexibility index (Phi) is 6.74. The van der Waals surface area contributed by atoms with E-state index in [2.05, 4.69) is 5.32 Å². The minimum Gasteiger partial charge on any atom is -0.497 e. The highest BCUT2D eigenvalue weighted by Gasteiger charge is 2.21. The van der Waals surface area contributed by atoms with E-state index in [0.29, 0.717) is 22.7 Å². The maximum atomic E-state index is 12.2. The first kappa shape index (κ1) is 20.6. The second kappa shape index (κ2) is 8.81. The second-order valence-corrected chi connectivity index (χ2v) is 8.10. The van der Waals surface area contributed by atoms with E-state index >= 15 is 0 Å². The van der Waals surface area contributed by atoms with Crippen LogP contribution < -0.4 is 10.1 Å². The lowest BCUT2D eigenvalue weighted by Gasteiger charge is -2.17. The fourth-order valence-corrected chi connectivity index (χ4v) is 2.96. The van der Waals surface area contributed by atoms with Gasteiger partial charge in [-0.2, -0.15) is 0 Å². The van der Waals surface area contributed by atoms with Crippen LogP contribution >= 0.6 is 11.3 Å². The third kappa shape index (κ3) is 5.92. The van der Waals surface area contributed by atoms with E-state index < -0.39 is 11.4 Å². The molecule has 144 valence electrons. The van der Waals surface area contributed by atoms with E-state index in [1.807, 2.05) is 20.8 Å². The number of benzene rings is 1. The van der Waals surface area contributed by atoms with Gasteiger partial charge in [-0.3, -0.25) is 9.59 Å². The molecule has 0 aliphatic rings. The van der Waals surface area contributed by atoms with Gasteiger partial charge in [0.05, 0.1) is 24.1 Å². The van der Waals surface area contributed by atoms with Crippen molar-refractivity contribution in [2.24, 2.45) is 5.41 Å². The number of esters is 1. The van der Waals surface area contributed by atoms with E-state index in [4.69, 9.17) is 9.47 Å². The molecule has 0 saturated carbocycles. The van der Waals surface area contributed by atoms with Crippen molar-refractivity contribution in [2.45, 2.75) is 27.3 Å². The highest BCUT2D eigenvalue weighted by atomic mass is 32.1. The lowest BCUT2D eigenvalue weighted by Crippen LogP contribution is -2.34. The molecule has 0 atom stereocenters. The van der Waals surface area contributed by atoms with E-state index in [9.17, 15) is 14.4 Å². The van der Waals surface area contributed by atoms with Crippen molar-refractivity contribution in [1.82, 2.24) is 5.32 Å². The number of methoxy groups -OCH3 is 1. The lowest BCUT2D eigenvalue weighted by atomic mass is 9.96. The highest BCUT2D eigenvalue weighted by molar-refractivity contribution is 7.14. The van der Waals surface area contributed by atoms with Gasteiger partial charge in [-0.05, 0) is 30.3 Å². The third-order valence-electron chi connectivity index (χ3n) is 3.68. The van der Waals surface area contributed by atoms with Gasteiger partial charge < -0.3 is 14.8 Å². The maximum absolute atomic E-state index is 12.2. The van der Waals surface area contributed by atoms with Crippen molar-refractivity contribution in [3.63, 3.8) is 0 Å². The predicted molar refractivity (Wildman–Crippen MR) is 103 cm³/mol. The Bertz CT molecular complexity index is 835. The van der Waals surface area contributed by atoms with Crippen LogP contribution in [0.15, 0.2) is 36.4 Å². The summed E-state index contributed by atoms with van der Waals surface area (Å²) in [6.07, 6.45) is 0. The molecule has 0 fully saturated rings. The van der Waals surface area contributed by atoms with Crippen LogP contribution in [-0.4, -0.2) is 31.4 Å². The summed E-state index contributed by atoms with van der Waals surface area (Å²) in [4.78, 5) is 37.5. The zero-order valence-corrected chi connectivity index (χ0v) is 16.6. The fourth-order valence-electron chi connectivity index (χ4n) is 2.09. The second-order valence-electron chi connectivity index (χ2n) is 6.93. The third-order valence-corrected chi connectivity index (χ3v) is 4.81. The van der Waals surface area contributed by atoms with Crippen LogP contribution in [0, 0.1) is 5.41 Å². The van der Waals surface area contributed by atoms with Crippen LogP contribution in [0.1, 0.15) is 45.7 Å². The SMILES string of the molecule is COc1cccc(C(=O)OCC(=O)c2ccc(CNC(=O)C(C)(C)C)s2)c1. The molecule has 6 nitrogen and oxygen atoms in total. The minimum absolute atomic E-state index is 0.0593. The first-order valence-corrected chi connectivity index (χ1v) is 9.24. The smallest absolute Gasteiger partial charge is 0.338 e. The fraction of sp³-hybridized carbons (Fsp3) is 0.350. The average Bonchev–Trinajstić information content (AvgIpc) is 3.12. The first-order chi connectivity index (χ1) is 12.7. The summed E-state index contributed by atoms with van der Waals surface area (Å²) >= 11 is 1.27. The minimum atomic E-state index is -0.587. The highest BCUT2D eigenvalue weighted by Crippen LogP contribution is 2.19. The molecule has 0 unspecified atom stereocenters. The summed E-state index contributed by atoms with van der Waals surface area (Å²) in [5, 5.41) is 2.84. The molecule has 1 aromatic carbocycles. The number of ketones is 1. The zero-order chi connectivity index (χ0) is 20.0. The van der Waals surface area contributed by atoms with E-state index in [1.54, 1.807) is 36.4 Å². The number of ether oxygens (including phenoxy) is 2. The standard InChI is InChI=1S/C20H23NO5S/c1-20(2,3)19(24)21-11-15-8-9-17(27-15)16(22)12-26-18(23)13-6-5-7-14(10-13)25-4/h5-10H,11-12H2,1-4H3,(H,21,24). The summed E-state index contributed by atoms with van der Waals surface area (Å²) in [6, 6.07) is 9.99. The van der Waals surface area contributed by atoms with Crippen LogP contribution in [0.3, 0.4) is 0 Å². The van der Waals surface area contributed by atoms with E-state index in [0.717, 1.165) is 4.88 Å². The maximum Gasteiger partial charge on any atom is 0.338 e. The van der Waals surface area contributed by atoms with Crippen molar-refractivity contribution >= 4 is 29.0 Å². The van der Waals surface area contributed by atoms with Crippen molar-refractivity contribution in [1.29, 1.82) is 0 Å². The number of nitrogens with one attached hydrogen (secondary N) is 1. The molecule has 1 aromatic heterocycles. The monoisotopic (exact) mass is 389 g/mol. The molecule has 1 heterocycles. The van der Waals surface area contributed by atoms with Crippen LogP contribution in [0.5, 0.6) is 5.75 Å². The largest absolute Gasteiger partial charge is 0.497 e. The van der Waals surface area contributed by atoms with Gasteiger partial charge in [0.25, 0.3) is 0 Å². The van der Waals surface area contributed by atoms with Crippen molar-refractivity contribution in [2.75, 3.05) is 13.7 Å². The molecule has 0 radical (unpaired) electrons. The molecule has 0 spiro atoms. The topological polar surface area (TPSA) is 81.7 Å². The summed E-state index contributed by atoms with van der Waals surface area (Å²) in [6.45, 7) is 5.52. The lowest BCUT2D eigenvalue weighted by molar-refractivity contribution is -0.128. The Labute approximate surface area is 162 Å². The Balaban J connectivity index is 1.88. The number of carbonyl (C=O) groups is 3. The zero-order valence-electron chi connectivity index (χ0n) is 15.8. The number of carbonyl (C=O) groups excluding carboxylic acids is 3. The molecule has 7 heteroatoms. The number of thiophene rings is 1. The van der Waals surface area contributed by atoms with Gasteiger partial charge in [-0.1, -0.05) is 26.8 Å². The molecule has 0 bridgehead atoms. The number of rotatable bonds is 7. The van der Waals surface area contributed by atoms with Gasteiger partial charge in [0.2, 0.25) is 11.7 Å². The summed E-state index contributed by atoms with van der Waals surface area (Å²) in [7, 11) is 1.51. The molecular formula is C20H23NO5S. The summed E-state index contributed by atoms with van der Waals surface area (Å²) in [5.74, 6) is -0.395. The van der Waals surface area contributed by atoms with Crippen molar-refractivity contribution in [3.8, 4) is 5.75 Å². The molecular weight excluding hydrogens is 366 g/mol. The Morgan fingerprint density at radius 1 is 1.11 bits per heavy atom.